The smallest absolute Gasteiger partial charge is 0.391 e. The van der Waals surface area contributed by atoms with Crippen molar-refractivity contribution in [2.45, 2.75) is 38.4 Å². The molecular formula is C11H16F3NO4. The van der Waals surface area contributed by atoms with Gasteiger partial charge in [0.2, 0.25) is 5.91 Å². The minimum Gasteiger partial charge on any atom is -0.480 e. The Kier molecular flexibility index (Phi) is 4.78. The van der Waals surface area contributed by atoms with Gasteiger partial charge >= 0.3 is 12.1 Å². The molecule has 1 saturated heterocycles. The fourth-order valence-electron chi connectivity index (χ4n) is 1.88. The summed E-state index contributed by atoms with van der Waals surface area (Å²) in [5, 5.41) is 10.7. The van der Waals surface area contributed by atoms with Gasteiger partial charge in [-0.3, -0.25) is 4.79 Å². The third-order valence-electron chi connectivity index (χ3n) is 3.03. The van der Waals surface area contributed by atoms with Crippen molar-refractivity contribution in [3.8, 4) is 0 Å². The van der Waals surface area contributed by atoms with Crippen molar-refractivity contribution in [2.75, 3.05) is 13.2 Å². The maximum absolute atomic E-state index is 12.2. The van der Waals surface area contributed by atoms with E-state index in [1.54, 1.807) is 6.92 Å². The normalized spacial score (nSPS) is 25.7. The fourth-order valence-corrected chi connectivity index (χ4v) is 1.88. The maximum Gasteiger partial charge on any atom is 0.391 e. The summed E-state index contributed by atoms with van der Waals surface area (Å²) in [6.45, 7) is 2.12. The molecule has 0 aromatic heterocycles. The van der Waals surface area contributed by atoms with Gasteiger partial charge in [-0.15, -0.1) is 0 Å². The largest absolute Gasteiger partial charge is 0.480 e. The first-order chi connectivity index (χ1) is 8.64. The molecule has 1 fully saturated rings. The van der Waals surface area contributed by atoms with Crippen LogP contribution >= 0.6 is 0 Å². The van der Waals surface area contributed by atoms with Gasteiger partial charge in [-0.1, -0.05) is 0 Å². The molecule has 0 aliphatic carbocycles. The molecular weight excluding hydrogens is 267 g/mol. The molecule has 0 aromatic carbocycles. The van der Waals surface area contributed by atoms with E-state index in [0.29, 0.717) is 19.4 Å². The second-order valence-electron chi connectivity index (χ2n) is 4.90. The fraction of sp³-hybridized carbons (Fsp3) is 0.818. The number of carboxylic acid groups (broad SMARTS) is 1. The lowest BCUT2D eigenvalue weighted by Gasteiger charge is -2.33. The van der Waals surface area contributed by atoms with Crippen LogP contribution in [0.15, 0.2) is 0 Å². The number of ether oxygens (including phenoxy) is 1. The summed E-state index contributed by atoms with van der Waals surface area (Å²) in [4.78, 5) is 22.7. The van der Waals surface area contributed by atoms with Crippen LogP contribution in [0.4, 0.5) is 13.2 Å². The number of hydrogen-bond donors (Lipinski definition) is 2. The molecule has 1 rings (SSSR count). The zero-order chi connectivity index (χ0) is 14.7. The number of aliphatic carboxylic acids is 1. The zero-order valence-electron chi connectivity index (χ0n) is 10.4. The van der Waals surface area contributed by atoms with E-state index in [9.17, 15) is 22.8 Å². The lowest BCUT2D eigenvalue weighted by Crippen LogP contribution is -2.51. The Hall–Kier alpha value is -1.31. The SMILES string of the molecule is CC1(C(=O)NC(CC(F)(F)F)C(=O)O)CCCOC1. The van der Waals surface area contributed by atoms with Gasteiger partial charge in [0.1, 0.15) is 6.04 Å². The molecule has 2 unspecified atom stereocenters. The predicted octanol–water partition coefficient (Wildman–Crippen LogP) is 1.32. The monoisotopic (exact) mass is 283 g/mol. The number of hydrogen-bond acceptors (Lipinski definition) is 3. The van der Waals surface area contributed by atoms with Gasteiger partial charge < -0.3 is 15.2 Å². The van der Waals surface area contributed by atoms with E-state index in [0.717, 1.165) is 0 Å². The number of rotatable bonds is 4. The molecule has 5 nitrogen and oxygen atoms in total. The van der Waals surface area contributed by atoms with Gasteiger partial charge in [0.05, 0.1) is 18.4 Å². The number of halogens is 3. The van der Waals surface area contributed by atoms with Crippen molar-refractivity contribution in [1.29, 1.82) is 0 Å². The van der Waals surface area contributed by atoms with Crippen molar-refractivity contribution in [1.82, 2.24) is 5.32 Å². The molecule has 0 bridgehead atoms. The quantitative estimate of drug-likeness (QED) is 0.816. The Morgan fingerprint density at radius 1 is 1.47 bits per heavy atom. The molecule has 0 spiro atoms. The van der Waals surface area contributed by atoms with Crippen LogP contribution in [0.2, 0.25) is 0 Å². The highest BCUT2D eigenvalue weighted by Crippen LogP contribution is 2.29. The Morgan fingerprint density at radius 2 is 2.11 bits per heavy atom. The van der Waals surface area contributed by atoms with Crippen molar-refractivity contribution in [2.24, 2.45) is 5.41 Å². The maximum atomic E-state index is 12.2. The van der Waals surface area contributed by atoms with E-state index in [1.165, 1.54) is 0 Å². The van der Waals surface area contributed by atoms with E-state index in [-0.39, 0.29) is 6.61 Å². The summed E-state index contributed by atoms with van der Waals surface area (Å²) in [6.07, 6.45) is -5.18. The molecule has 8 heteroatoms. The van der Waals surface area contributed by atoms with Crippen LogP contribution in [0.5, 0.6) is 0 Å². The average molecular weight is 283 g/mol. The summed E-state index contributed by atoms with van der Waals surface area (Å²) in [5.74, 6) is -2.42. The molecule has 0 aromatic rings. The van der Waals surface area contributed by atoms with Crippen molar-refractivity contribution in [3.63, 3.8) is 0 Å². The molecule has 1 aliphatic rings. The number of amides is 1. The van der Waals surface area contributed by atoms with E-state index >= 15 is 0 Å². The Morgan fingerprint density at radius 3 is 2.53 bits per heavy atom. The molecule has 1 heterocycles. The topological polar surface area (TPSA) is 75.6 Å². The zero-order valence-corrected chi connectivity index (χ0v) is 10.4. The summed E-state index contributed by atoms with van der Waals surface area (Å²) in [6, 6.07) is -1.97. The van der Waals surface area contributed by atoms with Gasteiger partial charge in [-0.05, 0) is 19.8 Å². The standard InChI is InChI=1S/C11H16F3NO4/c1-10(3-2-4-19-6-10)9(18)15-7(8(16)17)5-11(12,13)14/h7H,2-6H2,1H3,(H,15,18)(H,16,17). The van der Waals surface area contributed by atoms with E-state index in [2.05, 4.69) is 0 Å². The second-order valence-corrected chi connectivity index (χ2v) is 4.90. The Labute approximate surface area is 108 Å². The molecule has 110 valence electrons. The number of carbonyl (C=O) groups excluding carboxylic acids is 1. The van der Waals surface area contributed by atoms with E-state index in [4.69, 9.17) is 9.84 Å². The van der Waals surface area contributed by atoms with Crippen molar-refractivity contribution < 1.29 is 32.6 Å². The first kappa shape index (κ1) is 15.7. The van der Waals surface area contributed by atoms with Crippen LogP contribution in [0.25, 0.3) is 0 Å². The minimum absolute atomic E-state index is 0.0805. The van der Waals surface area contributed by atoms with Crippen molar-refractivity contribution >= 4 is 11.9 Å². The molecule has 2 atom stereocenters. The Bertz CT molecular complexity index is 350. The molecule has 1 amide bonds. The minimum atomic E-state index is -4.65. The van der Waals surface area contributed by atoms with Crippen LogP contribution in [-0.2, 0) is 14.3 Å². The van der Waals surface area contributed by atoms with Gasteiger partial charge in [0, 0.05) is 6.61 Å². The van der Waals surface area contributed by atoms with Gasteiger partial charge in [-0.25, -0.2) is 4.79 Å². The third kappa shape index (κ3) is 4.70. The highest BCUT2D eigenvalue weighted by molar-refractivity contribution is 5.87. The van der Waals surface area contributed by atoms with Gasteiger partial charge in [0.25, 0.3) is 0 Å². The average Bonchev–Trinajstić information content (AvgIpc) is 2.27. The van der Waals surface area contributed by atoms with Gasteiger partial charge in [-0.2, -0.15) is 13.2 Å². The molecule has 0 radical (unpaired) electrons. The number of carboxylic acids is 1. The predicted molar refractivity (Wildman–Crippen MR) is 58.4 cm³/mol. The van der Waals surface area contributed by atoms with E-state index in [1.807, 2.05) is 5.32 Å². The molecule has 1 aliphatic heterocycles. The first-order valence-electron chi connectivity index (χ1n) is 5.82. The number of carbonyl (C=O) groups is 2. The van der Waals surface area contributed by atoms with Gasteiger partial charge in [0.15, 0.2) is 0 Å². The molecule has 19 heavy (non-hydrogen) atoms. The van der Waals surface area contributed by atoms with Crippen LogP contribution in [0.1, 0.15) is 26.2 Å². The summed E-state index contributed by atoms with van der Waals surface area (Å²) >= 11 is 0. The van der Waals surface area contributed by atoms with E-state index < -0.39 is 35.9 Å². The molecule has 2 N–H and O–H groups in total. The number of nitrogens with one attached hydrogen (secondary N) is 1. The highest BCUT2D eigenvalue weighted by Gasteiger charge is 2.41. The first-order valence-corrected chi connectivity index (χ1v) is 5.82. The van der Waals surface area contributed by atoms with Crippen LogP contribution in [0, 0.1) is 5.41 Å². The van der Waals surface area contributed by atoms with Crippen LogP contribution < -0.4 is 5.32 Å². The highest BCUT2D eigenvalue weighted by atomic mass is 19.4. The Balaban J connectivity index is 2.68. The third-order valence-corrected chi connectivity index (χ3v) is 3.03. The number of alkyl halides is 3. The summed E-state index contributed by atoms with van der Waals surface area (Å²) in [5.41, 5.74) is -0.975. The van der Waals surface area contributed by atoms with Crippen molar-refractivity contribution in [3.05, 3.63) is 0 Å². The van der Waals surface area contributed by atoms with Crippen LogP contribution in [-0.4, -0.2) is 42.4 Å². The second kappa shape index (κ2) is 5.77. The van der Waals surface area contributed by atoms with Crippen LogP contribution in [0.3, 0.4) is 0 Å². The lowest BCUT2D eigenvalue weighted by atomic mass is 9.83. The summed E-state index contributed by atoms with van der Waals surface area (Å²) < 4.78 is 41.8. The lowest BCUT2D eigenvalue weighted by molar-refractivity contribution is -0.162. The summed E-state index contributed by atoms with van der Waals surface area (Å²) in [7, 11) is 0. The molecule has 0 saturated carbocycles.